The first kappa shape index (κ1) is 15.7. The molecule has 0 fully saturated rings. The number of carboxylic acid groups (broad SMARTS) is 1. The van der Waals surface area contributed by atoms with Crippen LogP contribution in [0.5, 0.6) is 0 Å². The van der Waals surface area contributed by atoms with Crippen molar-refractivity contribution in [3.8, 4) is 0 Å². The fraction of sp³-hybridized carbons (Fsp3) is 0.231. The van der Waals surface area contributed by atoms with E-state index < -0.39 is 40.9 Å². The molecule has 0 saturated heterocycles. The summed E-state index contributed by atoms with van der Waals surface area (Å²) in [5, 5.41) is 10.9. The van der Waals surface area contributed by atoms with Crippen LogP contribution in [0.25, 0.3) is 0 Å². The minimum absolute atomic E-state index is 0.0918. The maximum Gasteiger partial charge on any atom is 0.326 e. The highest BCUT2D eigenvalue weighted by Gasteiger charge is 2.25. The number of rotatable bonds is 5. The van der Waals surface area contributed by atoms with Crippen molar-refractivity contribution in [1.82, 2.24) is 5.32 Å². The van der Waals surface area contributed by atoms with Crippen molar-refractivity contribution in [1.29, 1.82) is 0 Å². The first-order valence-corrected chi connectivity index (χ1v) is 5.55. The molecule has 1 atom stereocenters. The highest BCUT2D eigenvalue weighted by Crippen LogP contribution is 2.15. The number of carboxylic acids is 1. The molecule has 108 valence electrons. The third kappa shape index (κ3) is 3.84. The summed E-state index contributed by atoms with van der Waals surface area (Å²) in [6.07, 6.45) is -0.0918. The van der Waals surface area contributed by atoms with Gasteiger partial charge in [-0.1, -0.05) is 5.57 Å². The number of amides is 1. The van der Waals surface area contributed by atoms with Crippen molar-refractivity contribution < 1.29 is 27.9 Å². The van der Waals surface area contributed by atoms with Gasteiger partial charge in [-0.25, -0.2) is 18.0 Å². The Labute approximate surface area is 112 Å². The SMILES string of the molecule is C=C(C)C[C@H](NC(=O)c1c(F)cc(F)cc1F)C(=O)O. The molecule has 0 aliphatic rings. The maximum atomic E-state index is 13.4. The molecule has 0 bridgehead atoms. The number of benzene rings is 1. The highest BCUT2D eigenvalue weighted by molar-refractivity contribution is 5.97. The van der Waals surface area contributed by atoms with Gasteiger partial charge in [0.2, 0.25) is 0 Å². The van der Waals surface area contributed by atoms with Gasteiger partial charge >= 0.3 is 5.97 Å². The topological polar surface area (TPSA) is 66.4 Å². The van der Waals surface area contributed by atoms with Crippen LogP contribution in [-0.2, 0) is 4.79 Å². The number of halogens is 3. The summed E-state index contributed by atoms with van der Waals surface area (Å²) < 4.78 is 39.5. The van der Waals surface area contributed by atoms with Crippen LogP contribution >= 0.6 is 0 Å². The van der Waals surface area contributed by atoms with Crippen LogP contribution in [0.4, 0.5) is 13.2 Å². The third-order valence-corrected chi connectivity index (χ3v) is 2.39. The molecule has 20 heavy (non-hydrogen) atoms. The van der Waals surface area contributed by atoms with Gasteiger partial charge in [0.25, 0.3) is 5.91 Å². The second-order valence-electron chi connectivity index (χ2n) is 4.27. The number of carbonyl (C=O) groups excluding carboxylic acids is 1. The van der Waals surface area contributed by atoms with Crippen molar-refractivity contribution in [3.05, 3.63) is 47.3 Å². The zero-order chi connectivity index (χ0) is 15.4. The summed E-state index contributed by atoms with van der Waals surface area (Å²) >= 11 is 0. The highest BCUT2D eigenvalue weighted by atomic mass is 19.1. The molecule has 0 spiro atoms. The van der Waals surface area contributed by atoms with Gasteiger partial charge in [0.1, 0.15) is 29.1 Å². The van der Waals surface area contributed by atoms with Crippen LogP contribution in [0.15, 0.2) is 24.3 Å². The van der Waals surface area contributed by atoms with E-state index in [1.807, 2.05) is 5.32 Å². The number of hydrogen-bond donors (Lipinski definition) is 2. The first-order valence-electron chi connectivity index (χ1n) is 5.55. The lowest BCUT2D eigenvalue weighted by Crippen LogP contribution is -2.41. The molecule has 1 amide bonds. The molecule has 0 radical (unpaired) electrons. The summed E-state index contributed by atoms with van der Waals surface area (Å²) in [4.78, 5) is 22.6. The van der Waals surface area contributed by atoms with Crippen LogP contribution in [-0.4, -0.2) is 23.0 Å². The minimum Gasteiger partial charge on any atom is -0.480 e. The minimum atomic E-state index is -1.40. The molecule has 0 saturated carbocycles. The predicted molar refractivity (Wildman–Crippen MR) is 64.6 cm³/mol. The Morgan fingerprint density at radius 3 is 2.20 bits per heavy atom. The Kier molecular flexibility index (Phi) is 4.90. The van der Waals surface area contributed by atoms with E-state index in [9.17, 15) is 22.8 Å². The average Bonchev–Trinajstić information content (AvgIpc) is 2.25. The van der Waals surface area contributed by atoms with Gasteiger partial charge in [-0.2, -0.15) is 0 Å². The fourth-order valence-electron chi connectivity index (χ4n) is 1.54. The summed E-state index contributed by atoms with van der Waals surface area (Å²) in [6.45, 7) is 5.03. The van der Waals surface area contributed by atoms with Gasteiger partial charge in [-0.05, 0) is 13.3 Å². The second-order valence-corrected chi connectivity index (χ2v) is 4.27. The van der Waals surface area contributed by atoms with Gasteiger partial charge in [0.15, 0.2) is 0 Å². The lowest BCUT2D eigenvalue weighted by molar-refractivity contribution is -0.139. The van der Waals surface area contributed by atoms with Crippen LogP contribution in [0.3, 0.4) is 0 Å². The van der Waals surface area contributed by atoms with Crippen LogP contribution in [0, 0.1) is 17.5 Å². The van der Waals surface area contributed by atoms with E-state index in [2.05, 4.69) is 6.58 Å². The van der Waals surface area contributed by atoms with Gasteiger partial charge in [0.05, 0.1) is 0 Å². The summed E-state index contributed by atoms with van der Waals surface area (Å²) in [6, 6.07) is -0.692. The number of aliphatic carboxylic acids is 1. The second kappa shape index (κ2) is 6.23. The van der Waals surface area contributed by atoms with Gasteiger partial charge < -0.3 is 10.4 Å². The Bertz CT molecular complexity index is 549. The molecule has 7 heteroatoms. The Morgan fingerprint density at radius 2 is 1.80 bits per heavy atom. The van der Waals surface area contributed by atoms with Gasteiger partial charge in [0, 0.05) is 12.1 Å². The van der Waals surface area contributed by atoms with Crippen LogP contribution in [0.1, 0.15) is 23.7 Å². The molecular weight excluding hydrogens is 275 g/mol. The van der Waals surface area contributed by atoms with Crippen LogP contribution < -0.4 is 5.32 Å². The van der Waals surface area contributed by atoms with Gasteiger partial charge in [-0.3, -0.25) is 4.79 Å². The molecule has 0 aliphatic carbocycles. The predicted octanol–water partition coefficient (Wildman–Crippen LogP) is 2.25. The zero-order valence-electron chi connectivity index (χ0n) is 10.5. The van der Waals surface area contributed by atoms with E-state index in [-0.39, 0.29) is 6.42 Å². The van der Waals surface area contributed by atoms with Gasteiger partial charge in [-0.15, -0.1) is 6.58 Å². The monoisotopic (exact) mass is 287 g/mol. The molecule has 1 aromatic carbocycles. The molecule has 0 unspecified atom stereocenters. The number of hydrogen-bond acceptors (Lipinski definition) is 2. The van der Waals surface area contributed by atoms with Crippen molar-refractivity contribution in [2.45, 2.75) is 19.4 Å². The molecule has 0 aromatic heterocycles. The Morgan fingerprint density at radius 1 is 1.30 bits per heavy atom. The third-order valence-electron chi connectivity index (χ3n) is 2.39. The number of carbonyl (C=O) groups is 2. The van der Waals surface area contributed by atoms with E-state index in [1.165, 1.54) is 0 Å². The van der Waals surface area contributed by atoms with Crippen LogP contribution in [0.2, 0.25) is 0 Å². The molecule has 1 rings (SSSR count). The Balaban J connectivity index is 3.01. The van der Waals surface area contributed by atoms with E-state index in [0.717, 1.165) is 0 Å². The first-order chi connectivity index (χ1) is 9.22. The summed E-state index contributed by atoms with van der Waals surface area (Å²) in [5.41, 5.74) is -0.558. The number of nitrogens with one attached hydrogen (secondary N) is 1. The van der Waals surface area contributed by atoms with Crippen molar-refractivity contribution in [3.63, 3.8) is 0 Å². The molecule has 0 aliphatic heterocycles. The molecule has 1 aromatic rings. The smallest absolute Gasteiger partial charge is 0.326 e. The lowest BCUT2D eigenvalue weighted by Gasteiger charge is -2.15. The molecule has 0 heterocycles. The zero-order valence-corrected chi connectivity index (χ0v) is 10.5. The molecular formula is C13H12F3NO3. The lowest BCUT2D eigenvalue weighted by atomic mass is 10.1. The van der Waals surface area contributed by atoms with E-state index >= 15 is 0 Å². The quantitative estimate of drug-likeness (QED) is 0.816. The van der Waals surface area contributed by atoms with E-state index in [4.69, 9.17) is 5.11 Å². The van der Waals surface area contributed by atoms with Crippen molar-refractivity contribution in [2.24, 2.45) is 0 Å². The Hall–Kier alpha value is -2.31. The largest absolute Gasteiger partial charge is 0.480 e. The normalized spacial score (nSPS) is 11.8. The van der Waals surface area contributed by atoms with E-state index in [1.54, 1.807) is 6.92 Å². The average molecular weight is 287 g/mol. The van der Waals surface area contributed by atoms with Crippen molar-refractivity contribution in [2.75, 3.05) is 0 Å². The van der Waals surface area contributed by atoms with Crippen molar-refractivity contribution >= 4 is 11.9 Å². The standard InChI is InChI=1S/C13H12F3NO3/c1-6(2)3-10(13(19)20)17-12(18)11-8(15)4-7(14)5-9(11)16/h4-5,10H,1,3H2,2H3,(H,17,18)(H,19,20)/t10-/m0/s1. The van der Waals surface area contributed by atoms with E-state index in [0.29, 0.717) is 17.7 Å². The summed E-state index contributed by atoms with van der Waals surface area (Å²) in [7, 11) is 0. The maximum absolute atomic E-state index is 13.4. The molecule has 2 N–H and O–H groups in total. The molecule has 4 nitrogen and oxygen atoms in total. The summed E-state index contributed by atoms with van der Waals surface area (Å²) in [5.74, 6) is -6.62. The fourth-order valence-corrected chi connectivity index (χ4v) is 1.54.